The van der Waals surface area contributed by atoms with Gasteiger partial charge in [-0.3, -0.25) is 10.1 Å². The van der Waals surface area contributed by atoms with E-state index in [1.807, 2.05) is 0 Å². The predicted octanol–water partition coefficient (Wildman–Crippen LogP) is 5.49. The van der Waals surface area contributed by atoms with Crippen LogP contribution in [0.1, 0.15) is 16.5 Å². The van der Waals surface area contributed by atoms with Gasteiger partial charge in [-0.15, -0.1) is 22.9 Å². The van der Waals surface area contributed by atoms with Crippen LogP contribution in [0.25, 0.3) is 0 Å². The van der Waals surface area contributed by atoms with E-state index in [4.69, 9.17) is 34.8 Å². The van der Waals surface area contributed by atoms with Gasteiger partial charge < -0.3 is 0 Å². The van der Waals surface area contributed by atoms with Gasteiger partial charge in [-0.2, -0.15) is 0 Å². The first-order valence-corrected chi connectivity index (χ1v) is 7.31. The number of nitrogens with zero attached hydrogens (tertiary/aromatic N) is 1. The SMILES string of the molecule is O=[N+]([O-])c1ccccc1CC(Cl)c1cc(Cl)sc1Cl. The van der Waals surface area contributed by atoms with Crippen molar-refractivity contribution in [1.82, 2.24) is 0 Å². The normalized spacial score (nSPS) is 12.4. The summed E-state index contributed by atoms with van der Waals surface area (Å²) < 4.78 is 1.07. The van der Waals surface area contributed by atoms with E-state index in [0.717, 1.165) is 0 Å². The highest BCUT2D eigenvalue weighted by atomic mass is 35.5. The first-order chi connectivity index (χ1) is 8.99. The van der Waals surface area contributed by atoms with Gasteiger partial charge in [0.25, 0.3) is 5.69 Å². The molecule has 0 amide bonds. The second-order valence-corrected chi connectivity index (χ2v) is 6.65. The Hall–Kier alpha value is -0.810. The topological polar surface area (TPSA) is 43.1 Å². The highest BCUT2D eigenvalue weighted by molar-refractivity contribution is 7.20. The molecule has 1 aromatic heterocycles. The maximum atomic E-state index is 10.9. The lowest BCUT2D eigenvalue weighted by Crippen LogP contribution is -1.99. The van der Waals surface area contributed by atoms with Gasteiger partial charge in [0.05, 0.1) is 19.0 Å². The number of hydrogen-bond acceptors (Lipinski definition) is 3. The Morgan fingerprint density at radius 1 is 1.32 bits per heavy atom. The molecule has 3 nitrogen and oxygen atoms in total. The van der Waals surface area contributed by atoms with Crippen LogP contribution in [-0.2, 0) is 6.42 Å². The van der Waals surface area contributed by atoms with Crippen molar-refractivity contribution in [3.8, 4) is 0 Å². The van der Waals surface area contributed by atoms with Gasteiger partial charge in [-0.1, -0.05) is 41.4 Å². The van der Waals surface area contributed by atoms with Crippen LogP contribution in [0.3, 0.4) is 0 Å². The summed E-state index contributed by atoms with van der Waals surface area (Å²) in [6, 6.07) is 8.21. The Kier molecular flexibility index (Phi) is 4.68. The van der Waals surface area contributed by atoms with Crippen molar-refractivity contribution in [1.29, 1.82) is 0 Å². The lowest BCUT2D eigenvalue weighted by atomic mass is 10.0. The molecule has 0 bridgehead atoms. The molecule has 7 heteroatoms. The van der Waals surface area contributed by atoms with E-state index in [-0.39, 0.29) is 5.69 Å². The fraction of sp³-hybridized carbons (Fsp3) is 0.167. The first-order valence-electron chi connectivity index (χ1n) is 5.30. The number of thiophene rings is 1. The molecule has 2 rings (SSSR count). The summed E-state index contributed by atoms with van der Waals surface area (Å²) in [6.07, 6.45) is 0.325. The van der Waals surface area contributed by atoms with Crippen molar-refractivity contribution in [2.75, 3.05) is 0 Å². The lowest BCUT2D eigenvalue weighted by Gasteiger charge is -2.08. The fourth-order valence-electron chi connectivity index (χ4n) is 1.73. The minimum absolute atomic E-state index is 0.0607. The third kappa shape index (κ3) is 3.39. The number of nitro groups is 1. The standard InChI is InChI=1S/C12H8Cl3NO2S/c13-9(8-6-11(14)19-12(8)15)5-7-3-1-2-4-10(7)16(17)18/h1-4,6,9H,5H2. The molecule has 0 N–H and O–H groups in total. The quantitative estimate of drug-likeness (QED) is 0.421. The number of rotatable bonds is 4. The zero-order valence-corrected chi connectivity index (χ0v) is 12.6. The Morgan fingerprint density at radius 3 is 2.58 bits per heavy atom. The zero-order valence-electron chi connectivity index (χ0n) is 9.48. The monoisotopic (exact) mass is 335 g/mol. The molecular weight excluding hydrogens is 329 g/mol. The third-order valence-corrected chi connectivity index (χ3v) is 4.52. The Bertz CT molecular complexity index is 615. The van der Waals surface area contributed by atoms with Crippen molar-refractivity contribution in [3.63, 3.8) is 0 Å². The van der Waals surface area contributed by atoms with Crippen LogP contribution in [0, 0.1) is 10.1 Å². The molecule has 0 saturated heterocycles. The summed E-state index contributed by atoms with van der Waals surface area (Å²) >= 11 is 19.4. The smallest absolute Gasteiger partial charge is 0.258 e. The number of benzene rings is 1. The average Bonchev–Trinajstić information content (AvgIpc) is 2.69. The molecule has 1 aromatic carbocycles. The van der Waals surface area contributed by atoms with E-state index in [1.54, 1.807) is 24.3 Å². The molecule has 0 aliphatic carbocycles. The van der Waals surface area contributed by atoms with E-state index in [0.29, 0.717) is 26.2 Å². The number of halogens is 3. The van der Waals surface area contributed by atoms with Gasteiger partial charge in [-0.05, 0) is 12.5 Å². The van der Waals surface area contributed by atoms with Crippen molar-refractivity contribution >= 4 is 51.8 Å². The van der Waals surface area contributed by atoms with Crippen LogP contribution in [-0.4, -0.2) is 4.92 Å². The fourth-order valence-corrected chi connectivity index (χ4v) is 3.77. The number of hydrogen-bond donors (Lipinski definition) is 0. The van der Waals surface area contributed by atoms with Gasteiger partial charge in [0.2, 0.25) is 0 Å². The van der Waals surface area contributed by atoms with Crippen molar-refractivity contribution in [2.24, 2.45) is 0 Å². The van der Waals surface area contributed by atoms with E-state index in [1.165, 1.54) is 17.4 Å². The van der Waals surface area contributed by atoms with Crippen molar-refractivity contribution in [2.45, 2.75) is 11.8 Å². The molecule has 2 aromatic rings. The van der Waals surface area contributed by atoms with Crippen LogP contribution in [0.4, 0.5) is 5.69 Å². The summed E-state index contributed by atoms with van der Waals surface area (Å²) in [5.41, 5.74) is 1.34. The van der Waals surface area contributed by atoms with Crippen LogP contribution in [0.15, 0.2) is 30.3 Å². The molecule has 0 radical (unpaired) electrons. The molecule has 1 atom stereocenters. The van der Waals surface area contributed by atoms with Crippen LogP contribution in [0.2, 0.25) is 8.67 Å². The highest BCUT2D eigenvalue weighted by Crippen LogP contribution is 2.39. The number of para-hydroxylation sites is 1. The Morgan fingerprint density at radius 2 is 2.00 bits per heavy atom. The maximum absolute atomic E-state index is 10.9. The first kappa shape index (κ1) is 14.6. The van der Waals surface area contributed by atoms with Crippen LogP contribution in [0.5, 0.6) is 0 Å². The van der Waals surface area contributed by atoms with Gasteiger partial charge in [0.15, 0.2) is 0 Å². The number of alkyl halides is 1. The predicted molar refractivity (Wildman–Crippen MR) is 79.7 cm³/mol. The Labute approximate surface area is 128 Å². The molecule has 1 heterocycles. The Balaban J connectivity index is 2.26. The van der Waals surface area contributed by atoms with E-state index < -0.39 is 10.3 Å². The number of nitro benzene ring substituents is 1. The zero-order chi connectivity index (χ0) is 14.0. The molecule has 0 fully saturated rings. The summed E-state index contributed by atoms with van der Waals surface area (Å²) in [6.45, 7) is 0. The van der Waals surface area contributed by atoms with E-state index in [2.05, 4.69) is 0 Å². The largest absolute Gasteiger partial charge is 0.272 e. The summed E-state index contributed by atoms with van der Waals surface area (Å²) in [4.78, 5) is 10.5. The van der Waals surface area contributed by atoms with Crippen molar-refractivity contribution < 1.29 is 4.92 Å². The minimum atomic E-state index is -0.447. The average molecular weight is 337 g/mol. The molecule has 0 saturated carbocycles. The molecular formula is C12H8Cl3NO2S. The van der Waals surface area contributed by atoms with Crippen molar-refractivity contribution in [3.05, 3.63) is 60.2 Å². The molecule has 0 spiro atoms. The molecule has 0 aliphatic rings. The van der Waals surface area contributed by atoms with Crippen LogP contribution >= 0.6 is 46.1 Å². The third-order valence-electron chi connectivity index (χ3n) is 2.61. The molecule has 100 valence electrons. The summed E-state index contributed by atoms with van der Waals surface area (Å²) in [5, 5.41) is 10.5. The van der Waals surface area contributed by atoms with Gasteiger partial charge in [0.1, 0.15) is 0 Å². The summed E-state index contributed by atoms with van der Waals surface area (Å²) in [7, 11) is 0. The second kappa shape index (κ2) is 6.09. The lowest BCUT2D eigenvalue weighted by molar-refractivity contribution is -0.385. The minimum Gasteiger partial charge on any atom is -0.258 e. The van der Waals surface area contributed by atoms with Gasteiger partial charge in [0, 0.05) is 17.2 Å². The molecule has 19 heavy (non-hydrogen) atoms. The second-order valence-electron chi connectivity index (χ2n) is 3.84. The molecule has 1 unspecified atom stereocenters. The summed E-state index contributed by atoms with van der Waals surface area (Å²) in [5.74, 6) is 0. The van der Waals surface area contributed by atoms with Gasteiger partial charge in [-0.25, -0.2) is 0 Å². The van der Waals surface area contributed by atoms with Crippen LogP contribution < -0.4 is 0 Å². The van der Waals surface area contributed by atoms with E-state index >= 15 is 0 Å². The van der Waals surface area contributed by atoms with E-state index in [9.17, 15) is 10.1 Å². The van der Waals surface area contributed by atoms with Gasteiger partial charge >= 0.3 is 0 Å². The highest BCUT2D eigenvalue weighted by Gasteiger charge is 2.20. The molecule has 0 aliphatic heterocycles. The maximum Gasteiger partial charge on any atom is 0.272 e.